The minimum absolute atomic E-state index is 0.183. The standard InChI is InChI=1S/C18H21ClN2O4S/c1-5-25-16-10-14(9-15(19)18(16)24-4)11-20-21-26(22,23)17-7-6-12(2)8-13(17)3/h6-11,21H,5H2,1-4H3/b20-11+. The largest absolute Gasteiger partial charge is 0.491 e. The van der Waals surface area contributed by atoms with E-state index in [1.165, 1.54) is 13.3 Å². The number of benzene rings is 2. The second kappa shape index (κ2) is 8.42. The monoisotopic (exact) mass is 396 g/mol. The van der Waals surface area contributed by atoms with Crippen molar-refractivity contribution in [3.05, 3.63) is 52.0 Å². The fourth-order valence-electron chi connectivity index (χ4n) is 2.44. The Bertz CT molecular complexity index is 927. The van der Waals surface area contributed by atoms with Crippen molar-refractivity contribution in [3.8, 4) is 11.5 Å². The van der Waals surface area contributed by atoms with Gasteiger partial charge in [0.2, 0.25) is 0 Å². The van der Waals surface area contributed by atoms with Crippen molar-refractivity contribution in [2.24, 2.45) is 5.10 Å². The lowest BCUT2D eigenvalue weighted by atomic mass is 10.2. The first-order chi connectivity index (χ1) is 12.3. The topological polar surface area (TPSA) is 77.0 Å². The Kier molecular flexibility index (Phi) is 6.50. The number of rotatable bonds is 7. The number of hydrazone groups is 1. The molecule has 0 saturated carbocycles. The van der Waals surface area contributed by atoms with Crippen LogP contribution < -0.4 is 14.3 Å². The molecule has 0 saturated heterocycles. The summed E-state index contributed by atoms with van der Waals surface area (Å²) in [6.07, 6.45) is 1.36. The van der Waals surface area contributed by atoms with E-state index in [-0.39, 0.29) is 4.90 Å². The molecular formula is C18H21ClN2O4S. The van der Waals surface area contributed by atoms with Gasteiger partial charge in [-0.05, 0) is 50.1 Å². The summed E-state index contributed by atoms with van der Waals surface area (Å²) in [7, 11) is -2.26. The lowest BCUT2D eigenvalue weighted by Crippen LogP contribution is -2.19. The summed E-state index contributed by atoms with van der Waals surface area (Å²) >= 11 is 6.17. The molecule has 140 valence electrons. The number of nitrogens with zero attached hydrogens (tertiary/aromatic N) is 1. The van der Waals surface area contributed by atoms with Gasteiger partial charge in [-0.3, -0.25) is 0 Å². The van der Waals surface area contributed by atoms with Gasteiger partial charge >= 0.3 is 0 Å². The van der Waals surface area contributed by atoms with Crippen LogP contribution in [0, 0.1) is 13.8 Å². The molecule has 26 heavy (non-hydrogen) atoms. The van der Waals surface area contributed by atoms with Crippen molar-refractivity contribution in [2.45, 2.75) is 25.7 Å². The highest BCUT2D eigenvalue weighted by atomic mass is 35.5. The zero-order valence-electron chi connectivity index (χ0n) is 15.0. The average Bonchev–Trinajstić information content (AvgIpc) is 2.54. The van der Waals surface area contributed by atoms with Crippen molar-refractivity contribution in [3.63, 3.8) is 0 Å². The number of hydrogen-bond donors (Lipinski definition) is 1. The number of methoxy groups -OCH3 is 1. The van der Waals surface area contributed by atoms with Gasteiger partial charge in [-0.15, -0.1) is 0 Å². The van der Waals surface area contributed by atoms with Gasteiger partial charge in [0, 0.05) is 0 Å². The normalized spacial score (nSPS) is 11.6. The Morgan fingerprint density at radius 3 is 2.58 bits per heavy atom. The van der Waals surface area contributed by atoms with E-state index in [0.717, 1.165) is 5.56 Å². The van der Waals surface area contributed by atoms with Crippen molar-refractivity contribution in [1.29, 1.82) is 0 Å². The highest BCUT2D eigenvalue weighted by Gasteiger charge is 2.16. The van der Waals surface area contributed by atoms with Gasteiger partial charge in [0.25, 0.3) is 10.0 Å². The third kappa shape index (κ3) is 4.68. The van der Waals surface area contributed by atoms with E-state index in [0.29, 0.717) is 34.3 Å². The highest BCUT2D eigenvalue weighted by Crippen LogP contribution is 2.35. The van der Waals surface area contributed by atoms with E-state index in [9.17, 15) is 8.42 Å². The third-order valence-electron chi connectivity index (χ3n) is 3.54. The third-order valence-corrected chi connectivity index (χ3v) is 5.21. The van der Waals surface area contributed by atoms with Crippen LogP contribution >= 0.6 is 11.6 Å². The molecule has 0 heterocycles. The van der Waals surface area contributed by atoms with Crippen LogP contribution in [0.4, 0.5) is 0 Å². The quantitative estimate of drug-likeness (QED) is 0.572. The van der Waals surface area contributed by atoms with E-state index in [1.807, 2.05) is 13.8 Å². The molecule has 0 atom stereocenters. The first kappa shape index (κ1) is 20.1. The Hall–Kier alpha value is -2.25. The van der Waals surface area contributed by atoms with Crippen LogP contribution in [0.3, 0.4) is 0 Å². The molecule has 0 aromatic heterocycles. The maximum atomic E-state index is 12.4. The first-order valence-electron chi connectivity index (χ1n) is 7.91. The van der Waals surface area contributed by atoms with Gasteiger partial charge in [0.15, 0.2) is 11.5 Å². The summed E-state index contributed by atoms with van der Waals surface area (Å²) in [6.45, 7) is 5.92. The van der Waals surface area contributed by atoms with Crippen LogP contribution in [0.2, 0.25) is 5.02 Å². The second-order valence-electron chi connectivity index (χ2n) is 5.59. The number of ether oxygens (including phenoxy) is 2. The molecular weight excluding hydrogens is 376 g/mol. The van der Waals surface area contributed by atoms with Gasteiger partial charge in [-0.1, -0.05) is 29.3 Å². The van der Waals surface area contributed by atoms with Crippen molar-refractivity contribution < 1.29 is 17.9 Å². The van der Waals surface area contributed by atoms with E-state index in [1.54, 1.807) is 37.3 Å². The molecule has 0 bridgehead atoms. The SMILES string of the molecule is CCOc1cc(/C=N/NS(=O)(=O)c2ccc(C)cc2C)cc(Cl)c1OC. The minimum Gasteiger partial charge on any atom is -0.491 e. The summed E-state index contributed by atoms with van der Waals surface area (Å²) in [5.74, 6) is 0.878. The van der Waals surface area contributed by atoms with Gasteiger partial charge < -0.3 is 9.47 Å². The highest BCUT2D eigenvalue weighted by molar-refractivity contribution is 7.89. The summed E-state index contributed by atoms with van der Waals surface area (Å²) in [6, 6.07) is 8.37. The molecule has 2 rings (SSSR count). The predicted molar refractivity (Wildman–Crippen MR) is 103 cm³/mol. The molecule has 0 fully saturated rings. The first-order valence-corrected chi connectivity index (χ1v) is 9.77. The minimum atomic E-state index is -3.76. The van der Waals surface area contributed by atoms with Crippen LogP contribution in [0.5, 0.6) is 11.5 Å². The molecule has 0 aliphatic heterocycles. The molecule has 0 unspecified atom stereocenters. The molecule has 2 aromatic rings. The van der Waals surface area contributed by atoms with Crippen LogP contribution in [0.1, 0.15) is 23.6 Å². The Labute approximate surface area is 158 Å². The number of halogens is 1. The number of sulfonamides is 1. The Morgan fingerprint density at radius 1 is 1.23 bits per heavy atom. The fraction of sp³-hybridized carbons (Fsp3) is 0.278. The van der Waals surface area contributed by atoms with E-state index in [4.69, 9.17) is 21.1 Å². The second-order valence-corrected chi connectivity index (χ2v) is 7.63. The summed E-state index contributed by atoms with van der Waals surface area (Å²) in [5, 5.41) is 4.18. The zero-order valence-corrected chi connectivity index (χ0v) is 16.6. The lowest BCUT2D eigenvalue weighted by Gasteiger charge is -2.11. The summed E-state index contributed by atoms with van der Waals surface area (Å²) in [5.41, 5.74) is 2.21. The maximum absolute atomic E-state index is 12.4. The number of aryl methyl sites for hydroxylation is 2. The average molecular weight is 397 g/mol. The van der Waals surface area contributed by atoms with Gasteiger partial charge in [0.1, 0.15) is 0 Å². The van der Waals surface area contributed by atoms with Gasteiger partial charge in [-0.25, -0.2) is 4.83 Å². The van der Waals surface area contributed by atoms with E-state index < -0.39 is 10.0 Å². The van der Waals surface area contributed by atoms with Crippen molar-refractivity contribution >= 4 is 27.8 Å². The fourth-order valence-corrected chi connectivity index (χ4v) is 3.76. The molecule has 1 N–H and O–H groups in total. The van der Waals surface area contributed by atoms with E-state index >= 15 is 0 Å². The maximum Gasteiger partial charge on any atom is 0.276 e. The number of nitrogens with one attached hydrogen (secondary N) is 1. The van der Waals surface area contributed by atoms with Gasteiger partial charge in [0.05, 0.1) is 29.8 Å². The molecule has 2 aromatic carbocycles. The molecule has 0 aliphatic rings. The predicted octanol–water partition coefficient (Wildman–Crippen LogP) is 3.68. The molecule has 8 heteroatoms. The lowest BCUT2D eigenvalue weighted by molar-refractivity contribution is 0.311. The molecule has 0 aliphatic carbocycles. The van der Waals surface area contributed by atoms with Crippen molar-refractivity contribution in [1.82, 2.24) is 4.83 Å². The smallest absolute Gasteiger partial charge is 0.276 e. The molecule has 0 amide bonds. The Balaban J connectivity index is 2.24. The van der Waals surface area contributed by atoms with Crippen LogP contribution in [0.25, 0.3) is 0 Å². The van der Waals surface area contributed by atoms with Crippen LogP contribution in [-0.2, 0) is 10.0 Å². The summed E-state index contributed by atoms with van der Waals surface area (Å²) < 4.78 is 35.5. The molecule has 0 spiro atoms. The molecule has 6 nitrogen and oxygen atoms in total. The Morgan fingerprint density at radius 2 is 1.96 bits per heavy atom. The number of hydrogen-bond acceptors (Lipinski definition) is 5. The molecule has 0 radical (unpaired) electrons. The van der Waals surface area contributed by atoms with E-state index in [2.05, 4.69) is 9.93 Å². The van der Waals surface area contributed by atoms with Crippen LogP contribution in [0.15, 0.2) is 40.3 Å². The summed E-state index contributed by atoms with van der Waals surface area (Å²) in [4.78, 5) is 2.39. The van der Waals surface area contributed by atoms with Crippen LogP contribution in [-0.4, -0.2) is 28.3 Å². The zero-order chi connectivity index (χ0) is 19.3. The van der Waals surface area contributed by atoms with Gasteiger partial charge in [-0.2, -0.15) is 13.5 Å². The van der Waals surface area contributed by atoms with Crippen molar-refractivity contribution in [2.75, 3.05) is 13.7 Å².